The van der Waals surface area contributed by atoms with Crippen LogP contribution in [-0.2, 0) is 9.59 Å². The van der Waals surface area contributed by atoms with Crippen LogP contribution in [0.5, 0.6) is 0 Å². The zero-order valence-electron chi connectivity index (χ0n) is 18.9. The van der Waals surface area contributed by atoms with E-state index < -0.39 is 5.91 Å². The van der Waals surface area contributed by atoms with E-state index in [4.69, 9.17) is 0 Å². The summed E-state index contributed by atoms with van der Waals surface area (Å²) in [6.45, 7) is 0. The van der Waals surface area contributed by atoms with Crippen LogP contribution < -0.4 is 15.5 Å². The minimum Gasteiger partial charge on any atom is -0.323 e. The van der Waals surface area contributed by atoms with E-state index in [1.165, 1.54) is 11.1 Å². The van der Waals surface area contributed by atoms with E-state index >= 15 is 0 Å². The van der Waals surface area contributed by atoms with Gasteiger partial charge in [-0.25, -0.2) is 4.98 Å². The third kappa shape index (κ3) is 3.80. The predicted molar refractivity (Wildman–Crippen MR) is 138 cm³/mol. The lowest BCUT2D eigenvalue weighted by molar-refractivity contribution is -0.124. The molecule has 5 aromatic rings. The highest BCUT2D eigenvalue weighted by atomic mass is 16.2. The molecule has 6 rings (SSSR count). The van der Waals surface area contributed by atoms with Gasteiger partial charge in [-0.2, -0.15) is 0 Å². The molecule has 1 aliphatic rings. The van der Waals surface area contributed by atoms with Crippen molar-refractivity contribution in [1.29, 1.82) is 0 Å². The molecule has 0 aliphatic carbocycles. The number of rotatable bonds is 3. The standard InChI is InChI=1S/C28H19N5O3/c34-25-15-26(35)33(24-14-9-17-5-1-2-6-20(17)27(24)32-25)19-12-10-18(11-13-19)30-28(36)23-16-29-21-7-3-4-8-22(21)31-23/h1-14,16H,15H2,(H,30,36)(H,32,34). The van der Waals surface area contributed by atoms with Gasteiger partial charge in [-0.1, -0.05) is 42.5 Å². The van der Waals surface area contributed by atoms with Crippen molar-refractivity contribution in [3.8, 4) is 0 Å². The third-order valence-electron chi connectivity index (χ3n) is 6.04. The first kappa shape index (κ1) is 21.4. The summed E-state index contributed by atoms with van der Waals surface area (Å²) in [5.41, 5.74) is 3.84. The number of amides is 3. The Morgan fingerprint density at radius 3 is 2.44 bits per heavy atom. The van der Waals surface area contributed by atoms with Gasteiger partial charge in [0.2, 0.25) is 11.8 Å². The molecule has 8 heteroatoms. The minimum atomic E-state index is -0.390. The molecule has 0 atom stereocenters. The molecule has 4 aromatic carbocycles. The highest BCUT2D eigenvalue weighted by Gasteiger charge is 2.28. The van der Waals surface area contributed by atoms with Crippen LogP contribution in [0.2, 0.25) is 0 Å². The molecule has 3 amide bonds. The van der Waals surface area contributed by atoms with Crippen molar-refractivity contribution >= 4 is 62.3 Å². The molecule has 174 valence electrons. The minimum absolute atomic E-state index is 0.200. The number of anilines is 4. The van der Waals surface area contributed by atoms with E-state index in [-0.39, 0.29) is 23.9 Å². The molecule has 0 saturated heterocycles. The van der Waals surface area contributed by atoms with Gasteiger partial charge in [-0.15, -0.1) is 0 Å². The number of fused-ring (bicyclic) bond motifs is 4. The third-order valence-corrected chi connectivity index (χ3v) is 6.04. The van der Waals surface area contributed by atoms with E-state index in [9.17, 15) is 14.4 Å². The van der Waals surface area contributed by atoms with Crippen LogP contribution in [0.25, 0.3) is 21.8 Å². The molecular formula is C28H19N5O3. The van der Waals surface area contributed by atoms with Crippen LogP contribution in [-0.4, -0.2) is 27.7 Å². The largest absolute Gasteiger partial charge is 0.323 e. The highest BCUT2D eigenvalue weighted by Crippen LogP contribution is 2.40. The first-order valence-electron chi connectivity index (χ1n) is 11.3. The quantitative estimate of drug-likeness (QED) is 0.357. The van der Waals surface area contributed by atoms with Crippen molar-refractivity contribution in [1.82, 2.24) is 9.97 Å². The number of para-hydroxylation sites is 2. The molecule has 1 aliphatic heterocycles. The maximum atomic E-state index is 13.1. The van der Waals surface area contributed by atoms with Gasteiger partial charge >= 0.3 is 0 Å². The fourth-order valence-electron chi connectivity index (χ4n) is 4.35. The van der Waals surface area contributed by atoms with Crippen molar-refractivity contribution in [2.75, 3.05) is 15.5 Å². The average Bonchev–Trinajstić information content (AvgIpc) is 3.03. The number of benzene rings is 4. The SMILES string of the molecule is O=C1CC(=O)N(c2ccc(NC(=O)c3cnc4ccccc4n3)cc2)c2ccc3ccccc3c2N1. The van der Waals surface area contributed by atoms with Gasteiger partial charge in [0.1, 0.15) is 12.1 Å². The highest BCUT2D eigenvalue weighted by molar-refractivity contribution is 6.21. The Kier molecular flexibility index (Phi) is 5.11. The molecule has 1 aromatic heterocycles. The molecule has 2 N–H and O–H groups in total. The predicted octanol–water partition coefficient (Wildman–Crippen LogP) is 5.04. The van der Waals surface area contributed by atoms with Crippen LogP contribution in [0.4, 0.5) is 22.7 Å². The lowest BCUT2D eigenvalue weighted by Gasteiger charge is -2.23. The summed E-state index contributed by atoms with van der Waals surface area (Å²) in [5, 5.41) is 7.52. The second-order valence-electron chi connectivity index (χ2n) is 8.38. The Balaban J connectivity index is 1.31. The molecule has 0 unspecified atom stereocenters. The van der Waals surface area contributed by atoms with E-state index in [0.29, 0.717) is 33.8 Å². The summed E-state index contributed by atoms with van der Waals surface area (Å²) in [6.07, 6.45) is 1.16. The van der Waals surface area contributed by atoms with Gasteiger partial charge in [0.25, 0.3) is 5.91 Å². The number of nitrogens with zero attached hydrogens (tertiary/aromatic N) is 3. The number of hydrogen-bond donors (Lipinski definition) is 2. The molecular weight excluding hydrogens is 454 g/mol. The summed E-state index contributed by atoms with van der Waals surface area (Å²) in [6, 6.07) is 25.6. The van der Waals surface area contributed by atoms with Crippen LogP contribution in [0.3, 0.4) is 0 Å². The number of hydrogen-bond acceptors (Lipinski definition) is 5. The molecule has 8 nitrogen and oxygen atoms in total. The monoisotopic (exact) mass is 473 g/mol. The summed E-state index contributed by atoms with van der Waals surface area (Å²) < 4.78 is 0. The van der Waals surface area contributed by atoms with Crippen LogP contribution in [0.15, 0.2) is 91.1 Å². The topological polar surface area (TPSA) is 104 Å². The Morgan fingerprint density at radius 1 is 0.861 bits per heavy atom. The Morgan fingerprint density at radius 2 is 1.61 bits per heavy atom. The maximum absolute atomic E-state index is 13.1. The molecule has 0 fully saturated rings. The van der Waals surface area contributed by atoms with Crippen LogP contribution >= 0.6 is 0 Å². The number of aromatic nitrogens is 2. The first-order chi connectivity index (χ1) is 17.6. The van der Waals surface area contributed by atoms with Gasteiger partial charge in [0.15, 0.2) is 0 Å². The Hall–Kier alpha value is -5.11. The van der Waals surface area contributed by atoms with Crippen molar-refractivity contribution in [3.05, 3.63) is 96.8 Å². The van der Waals surface area contributed by atoms with Crippen LogP contribution in [0, 0.1) is 0 Å². The summed E-state index contributed by atoms with van der Waals surface area (Å²) in [7, 11) is 0. The molecule has 2 heterocycles. The van der Waals surface area contributed by atoms with Crippen molar-refractivity contribution in [2.45, 2.75) is 6.42 Å². The second kappa shape index (κ2) is 8.59. The van der Waals surface area contributed by atoms with Gasteiger partial charge in [0.05, 0.1) is 28.6 Å². The summed E-state index contributed by atoms with van der Waals surface area (Å²) >= 11 is 0. The molecule has 36 heavy (non-hydrogen) atoms. The second-order valence-corrected chi connectivity index (χ2v) is 8.38. The van der Waals surface area contributed by atoms with Crippen molar-refractivity contribution in [3.63, 3.8) is 0 Å². The number of nitrogens with one attached hydrogen (secondary N) is 2. The molecule has 0 bridgehead atoms. The average molecular weight is 473 g/mol. The molecule has 0 spiro atoms. The maximum Gasteiger partial charge on any atom is 0.275 e. The van der Waals surface area contributed by atoms with Gasteiger partial charge < -0.3 is 10.6 Å². The Labute approximate surface area is 205 Å². The Bertz CT molecular complexity index is 1680. The summed E-state index contributed by atoms with van der Waals surface area (Å²) in [5.74, 6) is -1.09. The normalized spacial score (nSPS) is 13.3. The number of carbonyl (C=O) groups excluding carboxylic acids is 3. The van der Waals surface area contributed by atoms with Gasteiger partial charge in [-0.3, -0.25) is 24.3 Å². The molecule has 0 radical (unpaired) electrons. The van der Waals surface area contributed by atoms with E-state index in [0.717, 1.165) is 10.8 Å². The first-order valence-corrected chi connectivity index (χ1v) is 11.3. The van der Waals surface area contributed by atoms with E-state index in [2.05, 4.69) is 20.6 Å². The zero-order chi connectivity index (χ0) is 24.6. The molecule has 0 saturated carbocycles. The van der Waals surface area contributed by atoms with Gasteiger partial charge in [-0.05, 0) is 47.9 Å². The smallest absolute Gasteiger partial charge is 0.275 e. The van der Waals surface area contributed by atoms with Gasteiger partial charge in [0, 0.05) is 16.8 Å². The van der Waals surface area contributed by atoms with Crippen molar-refractivity contribution in [2.24, 2.45) is 0 Å². The lowest BCUT2D eigenvalue weighted by Crippen LogP contribution is -2.26. The summed E-state index contributed by atoms with van der Waals surface area (Å²) in [4.78, 5) is 48.4. The van der Waals surface area contributed by atoms with Crippen molar-refractivity contribution < 1.29 is 14.4 Å². The number of carbonyl (C=O) groups is 3. The van der Waals surface area contributed by atoms with E-state index in [1.807, 2.05) is 54.6 Å². The zero-order valence-corrected chi connectivity index (χ0v) is 18.9. The fraction of sp³-hybridized carbons (Fsp3) is 0.0357. The van der Waals surface area contributed by atoms with Crippen LogP contribution in [0.1, 0.15) is 16.9 Å². The van der Waals surface area contributed by atoms with E-state index in [1.54, 1.807) is 30.3 Å². The lowest BCUT2D eigenvalue weighted by atomic mass is 10.1. The fourth-order valence-corrected chi connectivity index (χ4v) is 4.35.